The lowest BCUT2D eigenvalue weighted by molar-refractivity contribution is -0.323. The number of carbonyl (C=O) groups excluding carboxylic acids is 3. The molecule has 15 nitrogen and oxygen atoms in total. The van der Waals surface area contributed by atoms with Gasteiger partial charge in [-0.1, -0.05) is 6.07 Å². The lowest BCUT2D eigenvalue weighted by Gasteiger charge is -2.18. The van der Waals surface area contributed by atoms with E-state index in [1.165, 1.54) is 22.8 Å². The highest BCUT2D eigenvalue weighted by Crippen LogP contribution is 2.38. The number of ether oxygens (including phenoxy) is 1. The van der Waals surface area contributed by atoms with Crippen molar-refractivity contribution in [2.24, 2.45) is 13.0 Å². The number of hydrogen-bond donors (Lipinski definition) is 6. The number of aromatic nitrogens is 4. The minimum atomic E-state index is -3.51. The van der Waals surface area contributed by atoms with Gasteiger partial charge >= 0.3 is 6.10 Å². The van der Waals surface area contributed by atoms with Crippen molar-refractivity contribution >= 4 is 34.9 Å². The first-order valence-electron chi connectivity index (χ1n) is 11.8. The molecule has 1 fully saturated rings. The fourth-order valence-electron chi connectivity index (χ4n) is 3.73. The van der Waals surface area contributed by atoms with Gasteiger partial charge in [-0.25, -0.2) is 0 Å². The van der Waals surface area contributed by atoms with Crippen molar-refractivity contribution in [2.45, 2.75) is 18.9 Å². The van der Waals surface area contributed by atoms with Gasteiger partial charge in [-0.15, -0.1) is 10.2 Å². The number of amides is 3. The van der Waals surface area contributed by atoms with Gasteiger partial charge in [0.05, 0.1) is 24.2 Å². The first-order chi connectivity index (χ1) is 18.4. The summed E-state index contributed by atoms with van der Waals surface area (Å²) in [6, 6.07) is 8.00. The molecule has 0 atom stereocenters. The normalized spacial score (nSPS) is 13.0. The molecule has 0 saturated heterocycles. The fourth-order valence-corrected chi connectivity index (χ4v) is 3.73. The Labute approximate surface area is 222 Å². The molecule has 3 aromatic rings. The second-order valence-electron chi connectivity index (χ2n) is 9.09. The molecule has 2 heterocycles. The standard InChI is InChI=1S/C24H28N8O7/c1-31(2)23(35)17-10-15(30-32(17)3)13-6-5-7-14(20(13)39-4)25-16-11-18(26-21(33)12-8-9-12)28-29-19(16)22(34)27-24(36,37)38/h5-7,10-12,36-38H,8-9H2,1-4H3,(H,27,34)(H2,25,26,28,33). The molecule has 0 unspecified atom stereocenters. The van der Waals surface area contributed by atoms with Crippen LogP contribution in [0.3, 0.4) is 0 Å². The molecule has 1 saturated carbocycles. The highest BCUT2D eigenvalue weighted by Gasteiger charge is 2.31. The molecule has 4 rings (SSSR count). The van der Waals surface area contributed by atoms with Crippen LogP contribution in [0.2, 0.25) is 0 Å². The van der Waals surface area contributed by atoms with Gasteiger partial charge < -0.3 is 35.6 Å². The zero-order valence-electron chi connectivity index (χ0n) is 21.6. The predicted molar refractivity (Wildman–Crippen MR) is 137 cm³/mol. The summed E-state index contributed by atoms with van der Waals surface area (Å²) in [7, 11) is 6.33. The number of hydrogen-bond acceptors (Lipinski definition) is 11. The van der Waals surface area contributed by atoms with Crippen LogP contribution < -0.4 is 20.7 Å². The number of anilines is 3. The van der Waals surface area contributed by atoms with Gasteiger partial charge in [-0.3, -0.25) is 24.4 Å². The molecule has 0 spiro atoms. The summed E-state index contributed by atoms with van der Waals surface area (Å²) in [6.45, 7) is 0. The third-order valence-corrected chi connectivity index (χ3v) is 5.76. The molecule has 0 radical (unpaired) electrons. The molecule has 39 heavy (non-hydrogen) atoms. The van der Waals surface area contributed by atoms with Crippen LogP contribution in [0.5, 0.6) is 5.75 Å². The van der Waals surface area contributed by atoms with E-state index in [0.717, 1.165) is 12.8 Å². The van der Waals surface area contributed by atoms with Crippen molar-refractivity contribution < 1.29 is 34.4 Å². The van der Waals surface area contributed by atoms with Crippen LogP contribution in [0, 0.1) is 5.92 Å². The zero-order chi connectivity index (χ0) is 28.5. The first-order valence-corrected chi connectivity index (χ1v) is 11.8. The molecule has 15 heteroatoms. The van der Waals surface area contributed by atoms with Crippen LogP contribution in [0.1, 0.15) is 33.8 Å². The summed E-state index contributed by atoms with van der Waals surface area (Å²) in [4.78, 5) is 38.8. The molecule has 1 aromatic carbocycles. The van der Waals surface area contributed by atoms with Crippen molar-refractivity contribution in [3.63, 3.8) is 0 Å². The Hall–Kier alpha value is -4.60. The molecule has 2 aromatic heterocycles. The number of para-hydroxylation sites is 1. The third-order valence-electron chi connectivity index (χ3n) is 5.76. The van der Waals surface area contributed by atoms with E-state index in [1.807, 2.05) is 0 Å². The summed E-state index contributed by atoms with van der Waals surface area (Å²) in [5.74, 6) is -1.44. The number of aryl methyl sites for hydroxylation is 1. The number of carbonyl (C=O) groups is 3. The van der Waals surface area contributed by atoms with Crippen molar-refractivity contribution in [3.05, 3.63) is 41.7 Å². The fraction of sp³-hybridized carbons (Fsp3) is 0.333. The molecule has 0 aliphatic heterocycles. The smallest absolute Gasteiger partial charge is 0.369 e. The Morgan fingerprint density at radius 3 is 2.44 bits per heavy atom. The minimum absolute atomic E-state index is 0.00204. The number of nitrogens with zero attached hydrogens (tertiary/aromatic N) is 5. The van der Waals surface area contributed by atoms with E-state index < -0.39 is 17.7 Å². The Morgan fingerprint density at radius 2 is 1.82 bits per heavy atom. The Bertz CT molecular complexity index is 1430. The number of methoxy groups -OCH3 is 1. The molecular formula is C24H28N8O7. The van der Waals surface area contributed by atoms with Gasteiger partial charge in [0.25, 0.3) is 11.8 Å². The zero-order valence-corrected chi connectivity index (χ0v) is 21.6. The van der Waals surface area contributed by atoms with E-state index in [2.05, 4.69) is 25.9 Å². The maximum atomic E-state index is 12.6. The molecule has 6 N–H and O–H groups in total. The SMILES string of the molecule is COc1c(Nc2cc(NC(=O)C3CC3)nnc2C(=O)NC(O)(O)O)cccc1-c1cc(C(=O)N(C)C)n(C)n1. The number of aliphatic hydroxyl groups is 3. The van der Waals surface area contributed by atoms with Gasteiger partial charge in [-0.05, 0) is 31.0 Å². The summed E-state index contributed by atoms with van der Waals surface area (Å²) >= 11 is 0. The highest BCUT2D eigenvalue weighted by atomic mass is 16.7. The van der Waals surface area contributed by atoms with Crippen LogP contribution in [0.4, 0.5) is 17.2 Å². The molecule has 1 aliphatic carbocycles. The molecule has 206 valence electrons. The molecule has 1 aliphatic rings. The van der Waals surface area contributed by atoms with Gasteiger partial charge in [0, 0.05) is 38.7 Å². The topological polar surface area (TPSA) is 204 Å². The average Bonchev–Trinajstić information content (AvgIpc) is 3.64. The Balaban J connectivity index is 1.74. The molecule has 3 amide bonds. The van der Waals surface area contributed by atoms with E-state index in [0.29, 0.717) is 28.4 Å². The van der Waals surface area contributed by atoms with Crippen molar-refractivity contribution in [3.8, 4) is 17.0 Å². The van der Waals surface area contributed by atoms with Gasteiger partial charge in [0.1, 0.15) is 5.69 Å². The van der Waals surface area contributed by atoms with Crippen LogP contribution in [0.25, 0.3) is 11.3 Å². The number of benzene rings is 1. The van der Waals surface area contributed by atoms with Crippen LogP contribution in [-0.4, -0.2) is 85.2 Å². The van der Waals surface area contributed by atoms with E-state index in [1.54, 1.807) is 50.7 Å². The lowest BCUT2D eigenvalue weighted by Crippen LogP contribution is -2.48. The predicted octanol–water partition coefficient (Wildman–Crippen LogP) is -0.00240. The van der Waals surface area contributed by atoms with Gasteiger partial charge in [-0.2, -0.15) is 5.10 Å². The molecule has 0 bridgehead atoms. The maximum Gasteiger partial charge on any atom is 0.369 e. The van der Waals surface area contributed by atoms with E-state index >= 15 is 0 Å². The summed E-state index contributed by atoms with van der Waals surface area (Å²) in [6.07, 6.45) is -1.99. The van der Waals surface area contributed by atoms with Crippen molar-refractivity contribution in [1.29, 1.82) is 0 Å². The van der Waals surface area contributed by atoms with Crippen molar-refractivity contribution in [2.75, 3.05) is 31.8 Å². The quantitative estimate of drug-likeness (QED) is 0.199. The Morgan fingerprint density at radius 1 is 1.10 bits per heavy atom. The summed E-state index contributed by atoms with van der Waals surface area (Å²) < 4.78 is 7.09. The highest BCUT2D eigenvalue weighted by molar-refractivity contribution is 6.00. The monoisotopic (exact) mass is 540 g/mol. The van der Waals surface area contributed by atoms with E-state index in [4.69, 9.17) is 4.74 Å². The summed E-state index contributed by atoms with van der Waals surface area (Å²) in [5.41, 5.74) is 1.22. The van der Waals surface area contributed by atoms with Gasteiger partial charge in [0.15, 0.2) is 17.3 Å². The average molecular weight is 541 g/mol. The third kappa shape index (κ3) is 6.28. The second kappa shape index (κ2) is 10.6. The van der Waals surface area contributed by atoms with Crippen LogP contribution in [0.15, 0.2) is 30.3 Å². The van der Waals surface area contributed by atoms with Crippen LogP contribution >= 0.6 is 0 Å². The number of rotatable bonds is 9. The Kier molecular flexibility index (Phi) is 7.49. The number of nitrogens with one attached hydrogen (secondary N) is 3. The maximum absolute atomic E-state index is 12.6. The second-order valence-corrected chi connectivity index (χ2v) is 9.09. The van der Waals surface area contributed by atoms with Crippen LogP contribution in [-0.2, 0) is 11.8 Å². The molecular weight excluding hydrogens is 512 g/mol. The minimum Gasteiger partial charge on any atom is -0.494 e. The van der Waals surface area contributed by atoms with E-state index in [9.17, 15) is 29.7 Å². The van der Waals surface area contributed by atoms with Gasteiger partial charge in [0.2, 0.25) is 5.91 Å². The van der Waals surface area contributed by atoms with E-state index in [-0.39, 0.29) is 29.2 Å². The summed E-state index contributed by atoms with van der Waals surface area (Å²) in [5, 5.41) is 46.9. The first kappa shape index (κ1) is 27.4. The lowest BCUT2D eigenvalue weighted by atomic mass is 10.1. The van der Waals surface area contributed by atoms with Crippen molar-refractivity contribution in [1.82, 2.24) is 30.2 Å². The largest absolute Gasteiger partial charge is 0.494 e.